The van der Waals surface area contributed by atoms with Gasteiger partial charge in [0.25, 0.3) is 0 Å². The molecule has 0 radical (unpaired) electrons. The minimum atomic E-state index is -0.877. The minimum Gasteiger partial charge on any atom is -0.480 e. The molecule has 1 aromatic heterocycles. The van der Waals surface area contributed by atoms with Crippen LogP contribution in [0.25, 0.3) is 11.1 Å². The molecule has 0 atom stereocenters. The Kier molecular flexibility index (Phi) is 3.42. The molecule has 1 N–H and O–H groups in total. The van der Waals surface area contributed by atoms with E-state index in [4.69, 9.17) is 5.11 Å². The molecule has 0 amide bonds. The van der Waals surface area contributed by atoms with Gasteiger partial charge in [-0.2, -0.15) is 5.10 Å². The van der Waals surface area contributed by atoms with Crippen LogP contribution in [0.2, 0.25) is 0 Å². The maximum Gasteiger partial charge on any atom is 0.325 e. The van der Waals surface area contributed by atoms with Gasteiger partial charge >= 0.3 is 5.97 Å². The molecule has 100 valence electrons. The summed E-state index contributed by atoms with van der Waals surface area (Å²) in [6.07, 6.45) is 0. The lowest BCUT2D eigenvalue weighted by atomic mass is 9.96. The van der Waals surface area contributed by atoms with Crippen LogP contribution in [0.5, 0.6) is 0 Å². The number of aliphatic carboxylic acids is 1. The van der Waals surface area contributed by atoms with Crippen LogP contribution in [0, 0.1) is 27.7 Å². The van der Waals surface area contributed by atoms with Gasteiger partial charge in [-0.05, 0) is 44.4 Å². The number of carboxylic acids is 1. The number of hydrogen-bond donors (Lipinski definition) is 1. The van der Waals surface area contributed by atoms with Crippen LogP contribution in [0.4, 0.5) is 0 Å². The summed E-state index contributed by atoms with van der Waals surface area (Å²) in [5.74, 6) is -0.877. The van der Waals surface area contributed by atoms with E-state index in [0.717, 1.165) is 22.5 Å². The predicted octanol–water partition coefficient (Wildman–Crippen LogP) is 2.87. The fraction of sp³-hybridized carbons (Fsp3) is 0.333. The Bertz CT molecular complexity index is 642. The fourth-order valence-electron chi connectivity index (χ4n) is 2.39. The first-order chi connectivity index (χ1) is 8.91. The third-order valence-corrected chi connectivity index (χ3v) is 3.54. The van der Waals surface area contributed by atoms with Gasteiger partial charge in [0, 0.05) is 11.3 Å². The SMILES string of the molecule is Cc1cccc(-c2c(C)nn(CC(=O)O)c2C)c1C. The Hall–Kier alpha value is -2.10. The van der Waals surface area contributed by atoms with Crippen LogP contribution in [0.3, 0.4) is 0 Å². The van der Waals surface area contributed by atoms with Crippen LogP contribution >= 0.6 is 0 Å². The number of carboxylic acid groups (broad SMARTS) is 1. The van der Waals surface area contributed by atoms with Gasteiger partial charge in [-0.3, -0.25) is 9.48 Å². The standard InChI is InChI=1S/C15H18N2O2/c1-9-6-5-7-13(10(9)2)15-11(3)16-17(12(15)4)8-14(18)19/h5-7H,8H2,1-4H3,(H,18,19). The highest BCUT2D eigenvalue weighted by Crippen LogP contribution is 2.30. The average molecular weight is 258 g/mol. The molecule has 0 aliphatic carbocycles. The van der Waals surface area contributed by atoms with Gasteiger partial charge in [0.1, 0.15) is 6.54 Å². The van der Waals surface area contributed by atoms with Gasteiger partial charge in [-0.1, -0.05) is 18.2 Å². The van der Waals surface area contributed by atoms with E-state index in [1.165, 1.54) is 11.1 Å². The minimum absolute atomic E-state index is 0.0997. The van der Waals surface area contributed by atoms with Crippen LogP contribution in [-0.4, -0.2) is 20.9 Å². The maximum atomic E-state index is 10.8. The van der Waals surface area contributed by atoms with Gasteiger partial charge < -0.3 is 5.11 Å². The second kappa shape index (κ2) is 4.88. The van der Waals surface area contributed by atoms with Crippen molar-refractivity contribution in [2.45, 2.75) is 34.2 Å². The van der Waals surface area contributed by atoms with E-state index in [1.54, 1.807) is 4.68 Å². The van der Waals surface area contributed by atoms with Crippen molar-refractivity contribution in [2.75, 3.05) is 0 Å². The van der Waals surface area contributed by atoms with Crippen molar-refractivity contribution in [1.29, 1.82) is 0 Å². The topological polar surface area (TPSA) is 55.1 Å². The Morgan fingerprint density at radius 1 is 1.26 bits per heavy atom. The number of rotatable bonds is 3. The normalized spacial score (nSPS) is 10.7. The molecule has 0 saturated heterocycles. The Morgan fingerprint density at radius 3 is 2.58 bits per heavy atom. The zero-order valence-corrected chi connectivity index (χ0v) is 11.7. The summed E-state index contributed by atoms with van der Waals surface area (Å²) >= 11 is 0. The summed E-state index contributed by atoms with van der Waals surface area (Å²) in [6, 6.07) is 6.15. The van der Waals surface area contributed by atoms with Crippen molar-refractivity contribution >= 4 is 5.97 Å². The van der Waals surface area contributed by atoms with Crippen LogP contribution in [-0.2, 0) is 11.3 Å². The molecule has 0 unspecified atom stereocenters. The number of nitrogens with zero attached hydrogens (tertiary/aromatic N) is 2. The van der Waals surface area contributed by atoms with E-state index in [1.807, 2.05) is 19.9 Å². The van der Waals surface area contributed by atoms with Crippen LogP contribution in [0.15, 0.2) is 18.2 Å². The summed E-state index contributed by atoms with van der Waals surface area (Å²) in [6.45, 7) is 7.89. The number of aryl methyl sites for hydroxylation is 2. The summed E-state index contributed by atoms with van der Waals surface area (Å²) in [7, 11) is 0. The lowest BCUT2D eigenvalue weighted by Crippen LogP contribution is -2.11. The lowest BCUT2D eigenvalue weighted by Gasteiger charge is -2.09. The zero-order chi connectivity index (χ0) is 14.2. The molecule has 2 rings (SSSR count). The molecule has 0 spiro atoms. The lowest BCUT2D eigenvalue weighted by molar-refractivity contribution is -0.137. The van der Waals surface area contributed by atoms with E-state index in [-0.39, 0.29) is 6.54 Å². The zero-order valence-electron chi connectivity index (χ0n) is 11.7. The molecular weight excluding hydrogens is 240 g/mol. The van der Waals surface area contributed by atoms with E-state index in [9.17, 15) is 4.79 Å². The first-order valence-corrected chi connectivity index (χ1v) is 6.24. The van der Waals surface area contributed by atoms with E-state index in [0.29, 0.717) is 0 Å². The molecule has 19 heavy (non-hydrogen) atoms. The second-order valence-corrected chi connectivity index (χ2v) is 4.84. The van der Waals surface area contributed by atoms with Crippen molar-refractivity contribution in [2.24, 2.45) is 0 Å². The first-order valence-electron chi connectivity index (χ1n) is 6.24. The fourth-order valence-corrected chi connectivity index (χ4v) is 2.39. The van der Waals surface area contributed by atoms with E-state index in [2.05, 4.69) is 31.1 Å². The van der Waals surface area contributed by atoms with Crippen molar-refractivity contribution in [3.8, 4) is 11.1 Å². The third-order valence-electron chi connectivity index (χ3n) is 3.54. The summed E-state index contributed by atoms with van der Waals surface area (Å²) in [4.78, 5) is 10.8. The molecule has 4 nitrogen and oxygen atoms in total. The van der Waals surface area contributed by atoms with E-state index >= 15 is 0 Å². The summed E-state index contributed by atoms with van der Waals surface area (Å²) in [5, 5.41) is 13.2. The monoisotopic (exact) mass is 258 g/mol. The number of carbonyl (C=O) groups is 1. The van der Waals surface area contributed by atoms with Gasteiger partial charge in [-0.25, -0.2) is 0 Å². The molecular formula is C15H18N2O2. The molecule has 4 heteroatoms. The number of hydrogen-bond acceptors (Lipinski definition) is 2. The quantitative estimate of drug-likeness (QED) is 0.921. The van der Waals surface area contributed by atoms with Crippen molar-refractivity contribution < 1.29 is 9.90 Å². The van der Waals surface area contributed by atoms with Gasteiger partial charge in [0.15, 0.2) is 0 Å². The predicted molar refractivity (Wildman–Crippen MR) is 74.2 cm³/mol. The molecule has 0 fully saturated rings. The van der Waals surface area contributed by atoms with Crippen molar-refractivity contribution in [3.63, 3.8) is 0 Å². The Morgan fingerprint density at radius 2 is 1.95 bits per heavy atom. The smallest absolute Gasteiger partial charge is 0.325 e. The highest BCUT2D eigenvalue weighted by atomic mass is 16.4. The Balaban J connectivity index is 2.60. The molecule has 0 saturated carbocycles. The van der Waals surface area contributed by atoms with Crippen LogP contribution < -0.4 is 0 Å². The number of benzene rings is 1. The first kappa shape index (κ1) is 13.3. The molecule has 1 aromatic carbocycles. The molecule has 0 aliphatic rings. The Labute approximate surface area is 112 Å². The molecule has 0 aliphatic heterocycles. The van der Waals surface area contributed by atoms with Gasteiger partial charge in [-0.15, -0.1) is 0 Å². The van der Waals surface area contributed by atoms with E-state index < -0.39 is 5.97 Å². The second-order valence-electron chi connectivity index (χ2n) is 4.84. The summed E-state index contributed by atoms with van der Waals surface area (Å²) < 4.78 is 1.55. The van der Waals surface area contributed by atoms with Gasteiger partial charge in [0.05, 0.1) is 5.69 Å². The van der Waals surface area contributed by atoms with Crippen LogP contribution in [0.1, 0.15) is 22.5 Å². The summed E-state index contributed by atoms with van der Waals surface area (Å²) in [5.41, 5.74) is 6.38. The number of aromatic nitrogens is 2. The molecule has 0 bridgehead atoms. The highest BCUT2D eigenvalue weighted by Gasteiger charge is 2.16. The largest absolute Gasteiger partial charge is 0.480 e. The van der Waals surface area contributed by atoms with Crippen molar-refractivity contribution in [1.82, 2.24) is 9.78 Å². The highest BCUT2D eigenvalue weighted by molar-refractivity contribution is 5.73. The average Bonchev–Trinajstić information content (AvgIpc) is 2.58. The van der Waals surface area contributed by atoms with Crippen molar-refractivity contribution in [3.05, 3.63) is 40.7 Å². The molecule has 1 heterocycles. The van der Waals surface area contributed by atoms with Gasteiger partial charge in [0.2, 0.25) is 0 Å². The third kappa shape index (κ3) is 2.38. The maximum absolute atomic E-state index is 10.8. The molecule has 2 aromatic rings.